The van der Waals surface area contributed by atoms with Crippen molar-refractivity contribution in [2.24, 2.45) is 4.99 Å². The molecule has 1 saturated heterocycles. The summed E-state index contributed by atoms with van der Waals surface area (Å²) in [5, 5.41) is 6.80. The summed E-state index contributed by atoms with van der Waals surface area (Å²) in [6.07, 6.45) is 5.66. The zero-order valence-corrected chi connectivity index (χ0v) is 15.7. The van der Waals surface area contributed by atoms with Crippen LogP contribution in [0.5, 0.6) is 0 Å². The third kappa shape index (κ3) is 4.88. The molecule has 1 aliphatic rings. The lowest BCUT2D eigenvalue weighted by molar-refractivity contribution is 0.370. The van der Waals surface area contributed by atoms with Crippen molar-refractivity contribution in [3.05, 3.63) is 34.5 Å². The van der Waals surface area contributed by atoms with E-state index in [0.29, 0.717) is 0 Å². The Morgan fingerprint density at radius 1 is 1.24 bits per heavy atom. The predicted octanol–water partition coefficient (Wildman–Crippen LogP) is 1.57. The number of nitrogens with zero attached hydrogens (tertiary/aromatic N) is 6. The lowest BCUT2D eigenvalue weighted by Gasteiger charge is -2.36. The molecule has 0 aliphatic carbocycles. The number of rotatable bonds is 5. The van der Waals surface area contributed by atoms with Gasteiger partial charge in [0.25, 0.3) is 0 Å². The van der Waals surface area contributed by atoms with E-state index in [4.69, 9.17) is 0 Å². The summed E-state index contributed by atoms with van der Waals surface area (Å²) < 4.78 is 0. The molecule has 25 heavy (non-hydrogen) atoms. The second-order valence-corrected chi connectivity index (χ2v) is 6.93. The number of thiazole rings is 1. The fourth-order valence-electron chi connectivity index (χ4n) is 2.86. The maximum Gasteiger partial charge on any atom is 0.225 e. The summed E-state index contributed by atoms with van der Waals surface area (Å²) in [6, 6.07) is 1.85. The molecule has 3 heterocycles. The smallest absolute Gasteiger partial charge is 0.225 e. The standard InChI is InChI=1S/C17H25N7S/c1-14-13-25-15(22-14)5-3-6-19-16(18-2)23-9-11-24(12-10-23)17-20-7-4-8-21-17/h4,7-8,13H,3,5-6,9-12H2,1-2H3,(H,18,19). The average Bonchev–Trinajstić information content (AvgIpc) is 3.08. The van der Waals surface area contributed by atoms with Gasteiger partial charge in [-0.1, -0.05) is 0 Å². The van der Waals surface area contributed by atoms with Crippen molar-refractivity contribution in [3.63, 3.8) is 0 Å². The molecule has 7 nitrogen and oxygen atoms in total. The topological polar surface area (TPSA) is 69.5 Å². The van der Waals surface area contributed by atoms with Gasteiger partial charge in [-0.3, -0.25) is 4.99 Å². The van der Waals surface area contributed by atoms with Gasteiger partial charge in [-0.25, -0.2) is 15.0 Å². The minimum absolute atomic E-state index is 0.809. The molecule has 1 aliphatic heterocycles. The van der Waals surface area contributed by atoms with Gasteiger partial charge in [0.2, 0.25) is 5.95 Å². The van der Waals surface area contributed by atoms with Crippen molar-refractivity contribution in [2.45, 2.75) is 19.8 Å². The number of nitrogens with one attached hydrogen (secondary N) is 1. The van der Waals surface area contributed by atoms with Gasteiger partial charge in [0.15, 0.2) is 5.96 Å². The zero-order chi connectivity index (χ0) is 17.5. The van der Waals surface area contributed by atoms with Crippen LogP contribution in [-0.2, 0) is 6.42 Å². The second-order valence-electron chi connectivity index (χ2n) is 5.98. The minimum atomic E-state index is 0.809. The fraction of sp³-hybridized carbons (Fsp3) is 0.529. The third-order valence-corrected chi connectivity index (χ3v) is 5.17. The molecular formula is C17H25N7S. The highest BCUT2D eigenvalue weighted by Gasteiger charge is 2.20. The van der Waals surface area contributed by atoms with Gasteiger partial charge >= 0.3 is 0 Å². The molecule has 1 fully saturated rings. The summed E-state index contributed by atoms with van der Waals surface area (Å²) in [5.41, 5.74) is 1.11. The average molecular weight is 360 g/mol. The molecule has 0 aromatic carbocycles. The molecule has 0 unspecified atom stereocenters. The van der Waals surface area contributed by atoms with E-state index in [-0.39, 0.29) is 0 Å². The number of anilines is 1. The molecule has 0 atom stereocenters. The van der Waals surface area contributed by atoms with Crippen LogP contribution in [0.25, 0.3) is 0 Å². The van der Waals surface area contributed by atoms with Crippen LogP contribution in [0.15, 0.2) is 28.8 Å². The van der Waals surface area contributed by atoms with Crippen LogP contribution in [0.3, 0.4) is 0 Å². The van der Waals surface area contributed by atoms with Gasteiger partial charge in [-0.15, -0.1) is 11.3 Å². The zero-order valence-electron chi connectivity index (χ0n) is 14.9. The number of guanidine groups is 1. The molecule has 134 valence electrons. The number of piperazine rings is 1. The van der Waals surface area contributed by atoms with Crippen molar-refractivity contribution >= 4 is 23.2 Å². The van der Waals surface area contributed by atoms with E-state index in [0.717, 1.165) is 63.2 Å². The van der Waals surface area contributed by atoms with Gasteiger partial charge in [0.1, 0.15) is 0 Å². The van der Waals surface area contributed by atoms with Gasteiger partial charge in [-0.2, -0.15) is 0 Å². The second kappa shape index (κ2) is 8.75. The van der Waals surface area contributed by atoms with Crippen molar-refractivity contribution in [3.8, 4) is 0 Å². The Labute approximate surface area is 152 Å². The Hall–Kier alpha value is -2.22. The van der Waals surface area contributed by atoms with Crippen LogP contribution in [0, 0.1) is 6.92 Å². The Morgan fingerprint density at radius 2 is 2.00 bits per heavy atom. The normalized spacial score (nSPS) is 15.5. The first-order valence-corrected chi connectivity index (χ1v) is 9.53. The molecule has 2 aromatic rings. The van der Waals surface area contributed by atoms with E-state index >= 15 is 0 Å². The van der Waals surface area contributed by atoms with Gasteiger partial charge in [0.05, 0.1) is 5.01 Å². The molecule has 0 amide bonds. The van der Waals surface area contributed by atoms with Crippen LogP contribution in [-0.4, -0.2) is 65.6 Å². The number of aliphatic imine (C=N–C) groups is 1. The first-order valence-electron chi connectivity index (χ1n) is 8.65. The predicted molar refractivity (Wildman–Crippen MR) is 102 cm³/mol. The fourth-order valence-corrected chi connectivity index (χ4v) is 3.68. The molecule has 0 saturated carbocycles. The Morgan fingerprint density at radius 3 is 2.64 bits per heavy atom. The van der Waals surface area contributed by atoms with Crippen molar-refractivity contribution < 1.29 is 0 Å². The molecule has 0 bridgehead atoms. The Kier molecular flexibility index (Phi) is 6.16. The van der Waals surface area contributed by atoms with Crippen LogP contribution in [0.1, 0.15) is 17.1 Å². The monoisotopic (exact) mass is 359 g/mol. The minimum Gasteiger partial charge on any atom is -0.356 e. The van der Waals surface area contributed by atoms with E-state index in [9.17, 15) is 0 Å². The lowest BCUT2D eigenvalue weighted by atomic mass is 10.3. The van der Waals surface area contributed by atoms with E-state index in [2.05, 4.69) is 40.4 Å². The summed E-state index contributed by atoms with van der Waals surface area (Å²) >= 11 is 1.74. The number of hydrogen-bond donors (Lipinski definition) is 1. The Balaban J connectivity index is 1.41. The van der Waals surface area contributed by atoms with Crippen molar-refractivity contribution in [1.82, 2.24) is 25.2 Å². The lowest BCUT2D eigenvalue weighted by Crippen LogP contribution is -2.53. The van der Waals surface area contributed by atoms with Crippen LogP contribution in [0.4, 0.5) is 5.95 Å². The molecule has 3 rings (SSSR count). The summed E-state index contributed by atoms with van der Waals surface area (Å²) in [4.78, 5) is 22.1. The van der Waals surface area contributed by atoms with Crippen molar-refractivity contribution in [2.75, 3.05) is 44.7 Å². The van der Waals surface area contributed by atoms with Crippen LogP contribution < -0.4 is 10.2 Å². The Bertz CT molecular complexity index is 677. The highest BCUT2D eigenvalue weighted by molar-refractivity contribution is 7.09. The largest absolute Gasteiger partial charge is 0.356 e. The quantitative estimate of drug-likeness (QED) is 0.496. The molecule has 0 spiro atoms. The summed E-state index contributed by atoms with van der Waals surface area (Å²) in [7, 11) is 1.85. The summed E-state index contributed by atoms with van der Waals surface area (Å²) in [6.45, 7) is 6.60. The highest BCUT2D eigenvalue weighted by Crippen LogP contribution is 2.11. The maximum atomic E-state index is 4.51. The number of hydrogen-bond acceptors (Lipinski definition) is 6. The van der Waals surface area contributed by atoms with Gasteiger partial charge < -0.3 is 15.1 Å². The van der Waals surface area contributed by atoms with Gasteiger partial charge in [-0.05, 0) is 19.4 Å². The molecular weight excluding hydrogens is 334 g/mol. The van der Waals surface area contributed by atoms with Crippen LogP contribution in [0.2, 0.25) is 0 Å². The first-order chi connectivity index (χ1) is 12.3. The molecule has 8 heteroatoms. The van der Waals surface area contributed by atoms with Crippen LogP contribution >= 0.6 is 11.3 Å². The first kappa shape index (κ1) is 17.6. The van der Waals surface area contributed by atoms with E-state index in [1.54, 1.807) is 23.7 Å². The number of aryl methyl sites for hydroxylation is 2. The SMILES string of the molecule is CN=C(NCCCc1nc(C)cs1)N1CCN(c2ncccn2)CC1. The molecule has 0 radical (unpaired) electrons. The van der Waals surface area contributed by atoms with E-state index in [1.807, 2.05) is 20.0 Å². The highest BCUT2D eigenvalue weighted by atomic mass is 32.1. The van der Waals surface area contributed by atoms with Crippen molar-refractivity contribution in [1.29, 1.82) is 0 Å². The third-order valence-electron chi connectivity index (χ3n) is 4.14. The summed E-state index contributed by atoms with van der Waals surface area (Å²) in [5.74, 6) is 1.78. The molecule has 2 aromatic heterocycles. The molecule has 1 N–H and O–H groups in total. The van der Waals surface area contributed by atoms with E-state index in [1.165, 1.54) is 5.01 Å². The maximum absolute atomic E-state index is 4.51. The van der Waals surface area contributed by atoms with E-state index < -0.39 is 0 Å². The van der Waals surface area contributed by atoms with Gasteiger partial charge in [0, 0.05) is 69.7 Å². The number of aromatic nitrogens is 3.